The van der Waals surface area contributed by atoms with Crippen LogP contribution >= 0.6 is 23.5 Å². The molecule has 3 heterocycles. The Morgan fingerprint density at radius 3 is 2.77 bits per heavy atom. The van der Waals surface area contributed by atoms with Crippen LogP contribution in [0.4, 0.5) is 0 Å². The number of carbonyl (C=O) groups is 4. The van der Waals surface area contributed by atoms with Crippen LogP contribution in [-0.2, 0) is 23.9 Å². The maximum absolute atomic E-state index is 13.3. The van der Waals surface area contributed by atoms with Gasteiger partial charge in [-0.2, -0.15) is 0 Å². The van der Waals surface area contributed by atoms with E-state index in [2.05, 4.69) is 20.8 Å². The van der Waals surface area contributed by atoms with Gasteiger partial charge in [-0.3, -0.25) is 19.3 Å². The van der Waals surface area contributed by atoms with Crippen molar-refractivity contribution in [1.29, 1.82) is 0 Å². The number of benzene rings is 1. The lowest BCUT2D eigenvalue weighted by atomic mass is 9.97. The Bertz CT molecular complexity index is 1170. The number of methoxy groups -OCH3 is 1. The topological polar surface area (TPSA) is 164 Å². The lowest BCUT2D eigenvalue weighted by Gasteiger charge is -2.56. The van der Waals surface area contributed by atoms with Crippen molar-refractivity contribution in [3.05, 3.63) is 53.1 Å². The smallest absolute Gasteiger partial charge is 0.352 e. The van der Waals surface area contributed by atoms with Gasteiger partial charge in [0, 0.05) is 18.6 Å². The number of carboxylic acids is 1. The number of rotatable bonds is 10. The molecule has 2 aliphatic rings. The molecule has 184 valence electrons. The summed E-state index contributed by atoms with van der Waals surface area (Å²) < 4.78 is 10.5. The Hall–Kier alpha value is -3.36. The number of hydrogen-bond acceptors (Lipinski definition) is 10. The van der Waals surface area contributed by atoms with Crippen molar-refractivity contribution in [1.82, 2.24) is 25.7 Å². The van der Waals surface area contributed by atoms with Crippen LogP contribution in [0.2, 0.25) is 0 Å². The summed E-state index contributed by atoms with van der Waals surface area (Å²) in [5, 5.41) is 21.7. The van der Waals surface area contributed by atoms with E-state index in [1.165, 1.54) is 25.3 Å². The molecule has 3 atom stereocenters. The van der Waals surface area contributed by atoms with Gasteiger partial charge in [-0.15, -0.1) is 22.0 Å². The highest BCUT2D eigenvalue weighted by atomic mass is 32.2. The summed E-state index contributed by atoms with van der Waals surface area (Å²) in [6.07, 6.45) is 1.56. The van der Waals surface area contributed by atoms with Crippen LogP contribution in [0.15, 0.2) is 51.6 Å². The zero-order valence-corrected chi connectivity index (χ0v) is 20.2. The van der Waals surface area contributed by atoms with Crippen LogP contribution in [0.5, 0.6) is 0 Å². The molecule has 4 rings (SSSR count). The Balaban J connectivity index is 1.57. The minimum Gasteiger partial charge on any atom is -0.477 e. The summed E-state index contributed by atoms with van der Waals surface area (Å²) >= 11 is 2.41. The first-order chi connectivity index (χ1) is 16.8. The van der Waals surface area contributed by atoms with Gasteiger partial charge in [0.25, 0.3) is 16.9 Å². The zero-order valence-electron chi connectivity index (χ0n) is 18.6. The first-order valence-corrected chi connectivity index (χ1v) is 12.3. The van der Waals surface area contributed by atoms with Gasteiger partial charge in [0.05, 0.1) is 0 Å². The van der Waals surface area contributed by atoms with Crippen molar-refractivity contribution in [2.45, 2.75) is 29.3 Å². The standard InChI is InChI=1S/C21H21N5O7S2/c1-11-3-5-12(6-4-11)14(22-9-27)16(28)24-21(32-2)18(31)26-15(17(29)30)13(7-34-19(21)26)8-35-20-25-23-10-33-20/h3-6,9-10,14,19H,7-8H2,1-2H3,(H,22,27)(H,24,28)(H,29,30)/t14?,19?,21-/m1/s1. The molecule has 0 aliphatic carbocycles. The van der Waals surface area contributed by atoms with Gasteiger partial charge in [-0.05, 0) is 18.1 Å². The van der Waals surface area contributed by atoms with Crippen LogP contribution in [0.3, 0.4) is 0 Å². The van der Waals surface area contributed by atoms with Crippen molar-refractivity contribution >= 4 is 47.7 Å². The highest BCUT2D eigenvalue weighted by Crippen LogP contribution is 2.47. The lowest BCUT2D eigenvalue weighted by Crippen LogP contribution is -2.81. The third-order valence-corrected chi connectivity index (χ3v) is 7.85. The molecule has 3 N–H and O–H groups in total. The number of amides is 3. The maximum atomic E-state index is 13.3. The summed E-state index contributed by atoms with van der Waals surface area (Å²) in [4.78, 5) is 50.8. The zero-order chi connectivity index (χ0) is 25.2. The minimum atomic E-state index is -1.79. The number of nitrogens with zero attached hydrogens (tertiary/aromatic N) is 3. The fraction of sp³-hybridized carbons (Fsp3) is 0.333. The van der Waals surface area contributed by atoms with Crippen LogP contribution < -0.4 is 10.6 Å². The molecule has 0 radical (unpaired) electrons. The van der Waals surface area contributed by atoms with E-state index in [-0.39, 0.29) is 22.4 Å². The second-order valence-corrected chi connectivity index (χ2v) is 9.64. The molecule has 0 bridgehead atoms. The van der Waals surface area contributed by atoms with Gasteiger partial charge in [-0.25, -0.2) is 4.79 Å². The molecular formula is C21H21N5O7S2. The summed E-state index contributed by atoms with van der Waals surface area (Å²) in [6.45, 7) is 1.89. The molecule has 1 fully saturated rings. The highest BCUT2D eigenvalue weighted by molar-refractivity contribution is 8.01. The van der Waals surface area contributed by atoms with Gasteiger partial charge < -0.3 is 24.9 Å². The molecule has 0 spiro atoms. The summed E-state index contributed by atoms with van der Waals surface area (Å²) in [5.41, 5.74) is 0.0103. The Kier molecular flexibility index (Phi) is 7.14. The normalized spacial score (nSPS) is 22.2. The number of carbonyl (C=O) groups excluding carboxylic acids is 3. The van der Waals surface area contributed by atoms with Gasteiger partial charge in [-0.1, -0.05) is 41.6 Å². The van der Waals surface area contributed by atoms with E-state index in [1.807, 2.05) is 6.92 Å². The number of ether oxygens (including phenoxy) is 1. The number of fused-ring (bicyclic) bond motifs is 1. The van der Waals surface area contributed by atoms with Gasteiger partial charge in [0.2, 0.25) is 18.7 Å². The fourth-order valence-corrected chi connectivity index (χ4v) is 6.15. The molecule has 14 heteroatoms. The summed E-state index contributed by atoms with van der Waals surface area (Å²) in [5.74, 6) is -2.18. The quantitative estimate of drug-likeness (QED) is 0.175. The molecule has 1 aromatic heterocycles. The third-order valence-electron chi connectivity index (χ3n) is 5.56. The fourth-order valence-electron chi connectivity index (χ4n) is 3.83. The van der Waals surface area contributed by atoms with Gasteiger partial charge in [0.1, 0.15) is 17.1 Å². The van der Waals surface area contributed by atoms with Crippen molar-refractivity contribution in [3.8, 4) is 0 Å². The van der Waals surface area contributed by atoms with Crippen LogP contribution in [0.1, 0.15) is 17.2 Å². The molecule has 2 aromatic rings. The minimum absolute atomic E-state index is 0.172. The van der Waals surface area contributed by atoms with Crippen molar-refractivity contribution in [3.63, 3.8) is 0 Å². The Labute approximate surface area is 207 Å². The number of nitrogens with one attached hydrogen (secondary N) is 2. The Morgan fingerprint density at radius 2 is 2.17 bits per heavy atom. The molecule has 2 unspecified atom stereocenters. The second-order valence-electron chi connectivity index (χ2n) is 7.65. The molecule has 2 aliphatic heterocycles. The van der Waals surface area contributed by atoms with Gasteiger partial charge in [0.15, 0.2) is 0 Å². The SMILES string of the molecule is CO[C@]1(NC(=O)C(NC=O)c2ccc(C)cc2)C(=O)N2C(C(=O)O)=C(CSc3nnco3)CSC21. The molecular weight excluding hydrogens is 498 g/mol. The van der Waals surface area contributed by atoms with Crippen LogP contribution in [-0.4, -0.2) is 74.1 Å². The van der Waals surface area contributed by atoms with Crippen molar-refractivity contribution in [2.24, 2.45) is 0 Å². The number of β-lactam (4-membered cyclic amide) rings is 1. The molecule has 35 heavy (non-hydrogen) atoms. The molecule has 0 saturated carbocycles. The van der Waals surface area contributed by atoms with E-state index >= 15 is 0 Å². The van der Waals surface area contributed by atoms with Crippen molar-refractivity contribution < 1.29 is 33.4 Å². The van der Waals surface area contributed by atoms with Crippen molar-refractivity contribution in [2.75, 3.05) is 18.6 Å². The largest absolute Gasteiger partial charge is 0.477 e. The van der Waals surface area contributed by atoms with E-state index in [4.69, 9.17) is 9.15 Å². The molecule has 1 saturated heterocycles. The molecule has 1 aromatic carbocycles. The van der Waals surface area contributed by atoms with E-state index < -0.39 is 34.9 Å². The predicted octanol–water partition coefficient (Wildman–Crippen LogP) is 0.670. The van der Waals surface area contributed by atoms with Crippen LogP contribution in [0, 0.1) is 6.92 Å². The van der Waals surface area contributed by atoms with E-state index in [0.717, 1.165) is 22.2 Å². The summed E-state index contributed by atoms with van der Waals surface area (Å²) in [7, 11) is 1.26. The third kappa shape index (κ3) is 4.51. The number of thioether (sulfide) groups is 2. The monoisotopic (exact) mass is 519 g/mol. The second kappa shape index (κ2) is 10.1. The number of aryl methyl sites for hydroxylation is 1. The first kappa shape index (κ1) is 24.8. The van der Waals surface area contributed by atoms with E-state index in [9.17, 15) is 24.3 Å². The number of aromatic nitrogens is 2. The number of aliphatic carboxylic acids is 1. The average molecular weight is 520 g/mol. The molecule has 3 amide bonds. The van der Waals surface area contributed by atoms with Gasteiger partial charge >= 0.3 is 5.97 Å². The first-order valence-electron chi connectivity index (χ1n) is 10.3. The summed E-state index contributed by atoms with van der Waals surface area (Å²) in [6, 6.07) is 5.89. The Morgan fingerprint density at radius 1 is 1.43 bits per heavy atom. The number of carboxylic acid groups (broad SMARTS) is 1. The van der Waals surface area contributed by atoms with Crippen LogP contribution in [0.25, 0.3) is 0 Å². The van der Waals surface area contributed by atoms with E-state index in [0.29, 0.717) is 17.5 Å². The average Bonchev–Trinajstić information content (AvgIpc) is 3.38. The lowest BCUT2D eigenvalue weighted by molar-refractivity contribution is -0.193. The molecule has 12 nitrogen and oxygen atoms in total. The number of hydrogen-bond donors (Lipinski definition) is 3. The highest BCUT2D eigenvalue weighted by Gasteiger charge is 2.66. The predicted molar refractivity (Wildman–Crippen MR) is 124 cm³/mol. The maximum Gasteiger partial charge on any atom is 0.352 e. The van der Waals surface area contributed by atoms with E-state index in [1.54, 1.807) is 24.3 Å².